The summed E-state index contributed by atoms with van der Waals surface area (Å²) in [5, 5.41) is 6.57. The van der Waals surface area contributed by atoms with Gasteiger partial charge in [0.25, 0.3) is 0 Å². The molecule has 2 aliphatic heterocycles. The number of fused-ring (bicyclic) bond motifs is 1. The average molecular weight is 537 g/mol. The summed E-state index contributed by atoms with van der Waals surface area (Å²) in [6.45, 7) is 3.77. The van der Waals surface area contributed by atoms with E-state index in [1.807, 2.05) is 35.2 Å². The highest BCUT2D eigenvalue weighted by Crippen LogP contribution is 2.27. The fraction of sp³-hybridized carbons (Fsp3) is 0.478. The number of piperidine rings is 1. The summed E-state index contributed by atoms with van der Waals surface area (Å²) in [6, 6.07) is 12.2. The number of likely N-dealkylation sites (tertiary alicyclic amines) is 1. The number of rotatable bonds is 6. The first-order valence-corrected chi connectivity index (χ1v) is 10.9. The number of anilines is 1. The molecule has 1 atom stereocenters. The van der Waals surface area contributed by atoms with Crippen molar-refractivity contribution < 1.29 is 9.21 Å². The molecular weight excluding hydrogens is 505 g/mol. The molecule has 0 radical (unpaired) electrons. The SMILES string of the molecule is CN=C(NCC(=O)N1CCc2ccccc21)NCC(c1ccco1)N1CCCCC1.I. The lowest BCUT2D eigenvalue weighted by Crippen LogP contribution is -2.47. The van der Waals surface area contributed by atoms with Crippen molar-refractivity contribution in [1.82, 2.24) is 15.5 Å². The van der Waals surface area contributed by atoms with Gasteiger partial charge in [-0.15, -0.1) is 24.0 Å². The average Bonchev–Trinajstić information content (AvgIpc) is 3.47. The largest absolute Gasteiger partial charge is 0.468 e. The number of halogens is 1. The zero-order valence-electron chi connectivity index (χ0n) is 18.0. The third-order valence-corrected chi connectivity index (χ3v) is 5.98. The standard InChI is InChI=1S/C23H31N5O2.HI/c1-24-23(26-17-22(29)28-14-11-18-8-3-4-9-19(18)28)25-16-20(21-10-7-15-30-21)27-12-5-2-6-13-27;/h3-4,7-10,15,20H,2,5-6,11-14,16-17H2,1H3,(H2,24,25,26);1H. The van der Waals surface area contributed by atoms with Crippen molar-refractivity contribution in [1.29, 1.82) is 0 Å². The van der Waals surface area contributed by atoms with Crippen molar-refractivity contribution in [2.75, 3.05) is 44.7 Å². The van der Waals surface area contributed by atoms with E-state index in [4.69, 9.17) is 4.42 Å². The number of furan rings is 1. The second-order valence-corrected chi connectivity index (χ2v) is 7.86. The van der Waals surface area contributed by atoms with Gasteiger partial charge < -0.3 is 20.0 Å². The van der Waals surface area contributed by atoms with Gasteiger partial charge in [-0.05, 0) is 56.1 Å². The predicted molar refractivity (Wildman–Crippen MR) is 134 cm³/mol. The van der Waals surface area contributed by atoms with Gasteiger partial charge in [-0.2, -0.15) is 0 Å². The Balaban J connectivity index is 0.00000272. The Morgan fingerprint density at radius 3 is 2.65 bits per heavy atom. The number of nitrogens with zero attached hydrogens (tertiary/aromatic N) is 3. The van der Waals surface area contributed by atoms with Crippen LogP contribution in [0.15, 0.2) is 52.1 Å². The highest BCUT2D eigenvalue weighted by atomic mass is 127. The first-order valence-electron chi connectivity index (χ1n) is 10.9. The number of nitrogens with one attached hydrogen (secondary N) is 2. The number of aliphatic imine (C=N–C) groups is 1. The van der Waals surface area contributed by atoms with Crippen molar-refractivity contribution in [3.05, 3.63) is 54.0 Å². The Bertz CT molecular complexity index is 865. The van der Waals surface area contributed by atoms with E-state index in [0.717, 1.165) is 37.5 Å². The predicted octanol–water partition coefficient (Wildman–Crippen LogP) is 3.18. The molecule has 2 aromatic rings. The third kappa shape index (κ3) is 5.79. The molecule has 0 spiro atoms. The van der Waals surface area contributed by atoms with Crippen LogP contribution in [0.3, 0.4) is 0 Å². The molecule has 168 valence electrons. The summed E-state index contributed by atoms with van der Waals surface area (Å²) < 4.78 is 5.71. The quantitative estimate of drug-likeness (QED) is 0.337. The number of hydrogen-bond acceptors (Lipinski definition) is 4. The summed E-state index contributed by atoms with van der Waals surface area (Å²) in [6.07, 6.45) is 6.37. The van der Waals surface area contributed by atoms with Gasteiger partial charge in [0.15, 0.2) is 5.96 Å². The summed E-state index contributed by atoms with van der Waals surface area (Å²) in [5.74, 6) is 1.65. The zero-order valence-corrected chi connectivity index (χ0v) is 20.4. The highest BCUT2D eigenvalue weighted by Gasteiger charge is 2.26. The normalized spacial score (nSPS) is 17.6. The van der Waals surface area contributed by atoms with Crippen LogP contribution in [0.5, 0.6) is 0 Å². The van der Waals surface area contributed by atoms with Crippen LogP contribution in [0.4, 0.5) is 5.69 Å². The lowest BCUT2D eigenvalue weighted by molar-refractivity contribution is -0.117. The van der Waals surface area contributed by atoms with Crippen molar-refractivity contribution in [2.45, 2.75) is 31.7 Å². The van der Waals surface area contributed by atoms with E-state index in [2.05, 4.69) is 26.6 Å². The molecule has 1 amide bonds. The lowest BCUT2D eigenvalue weighted by Gasteiger charge is -2.33. The van der Waals surface area contributed by atoms with Crippen LogP contribution >= 0.6 is 24.0 Å². The molecule has 7 nitrogen and oxygen atoms in total. The van der Waals surface area contributed by atoms with Gasteiger partial charge in [0, 0.05) is 25.8 Å². The summed E-state index contributed by atoms with van der Waals surface area (Å²) in [7, 11) is 1.73. The van der Waals surface area contributed by atoms with Gasteiger partial charge in [-0.25, -0.2) is 0 Å². The summed E-state index contributed by atoms with van der Waals surface area (Å²) >= 11 is 0. The highest BCUT2D eigenvalue weighted by molar-refractivity contribution is 14.0. The molecule has 31 heavy (non-hydrogen) atoms. The van der Waals surface area contributed by atoms with Gasteiger partial charge in [-0.1, -0.05) is 24.6 Å². The Morgan fingerprint density at radius 1 is 1.10 bits per heavy atom. The molecule has 4 rings (SSSR count). The van der Waals surface area contributed by atoms with E-state index in [0.29, 0.717) is 12.5 Å². The van der Waals surface area contributed by atoms with Crippen LogP contribution in [-0.4, -0.2) is 56.5 Å². The van der Waals surface area contributed by atoms with Gasteiger partial charge in [0.2, 0.25) is 5.91 Å². The third-order valence-electron chi connectivity index (χ3n) is 5.98. The molecule has 1 aromatic carbocycles. The van der Waals surface area contributed by atoms with Gasteiger partial charge in [-0.3, -0.25) is 14.7 Å². The number of hydrogen-bond donors (Lipinski definition) is 2. The molecule has 0 bridgehead atoms. The van der Waals surface area contributed by atoms with E-state index >= 15 is 0 Å². The van der Waals surface area contributed by atoms with Crippen molar-refractivity contribution >= 4 is 41.5 Å². The van der Waals surface area contributed by atoms with Crippen LogP contribution in [0.1, 0.15) is 36.6 Å². The minimum Gasteiger partial charge on any atom is -0.468 e. The first-order chi connectivity index (χ1) is 14.8. The Labute approximate surface area is 201 Å². The molecule has 0 saturated carbocycles. The summed E-state index contributed by atoms with van der Waals surface area (Å²) in [5.41, 5.74) is 2.26. The minimum absolute atomic E-state index is 0. The van der Waals surface area contributed by atoms with E-state index in [9.17, 15) is 4.79 Å². The van der Waals surface area contributed by atoms with Crippen molar-refractivity contribution in [2.24, 2.45) is 4.99 Å². The maximum absolute atomic E-state index is 12.8. The van der Waals surface area contributed by atoms with E-state index in [-0.39, 0.29) is 42.5 Å². The molecular formula is C23H32IN5O2. The van der Waals surface area contributed by atoms with E-state index < -0.39 is 0 Å². The van der Waals surface area contributed by atoms with Gasteiger partial charge >= 0.3 is 0 Å². The number of carbonyl (C=O) groups is 1. The topological polar surface area (TPSA) is 73.1 Å². The molecule has 3 heterocycles. The number of para-hydroxylation sites is 1. The van der Waals surface area contributed by atoms with Gasteiger partial charge in [0.05, 0.1) is 18.8 Å². The first kappa shape index (κ1) is 23.6. The second-order valence-electron chi connectivity index (χ2n) is 7.86. The lowest BCUT2D eigenvalue weighted by atomic mass is 10.1. The molecule has 8 heteroatoms. The fourth-order valence-corrected chi connectivity index (χ4v) is 4.39. The zero-order chi connectivity index (χ0) is 20.8. The number of benzene rings is 1. The Kier molecular flexibility index (Phi) is 8.77. The number of carbonyl (C=O) groups excluding carboxylic acids is 1. The monoisotopic (exact) mass is 537 g/mol. The minimum atomic E-state index is 0. The molecule has 1 saturated heterocycles. The second kappa shape index (κ2) is 11.5. The van der Waals surface area contributed by atoms with Crippen LogP contribution in [-0.2, 0) is 11.2 Å². The molecule has 2 aliphatic rings. The molecule has 1 aromatic heterocycles. The fourth-order valence-electron chi connectivity index (χ4n) is 4.39. The van der Waals surface area contributed by atoms with Crippen LogP contribution in [0.25, 0.3) is 0 Å². The molecule has 0 aliphatic carbocycles. The Hall–Kier alpha value is -2.07. The smallest absolute Gasteiger partial charge is 0.246 e. The summed E-state index contributed by atoms with van der Waals surface area (Å²) in [4.78, 5) is 21.4. The van der Waals surface area contributed by atoms with Crippen molar-refractivity contribution in [3.63, 3.8) is 0 Å². The maximum atomic E-state index is 12.8. The molecule has 1 fully saturated rings. The van der Waals surface area contributed by atoms with Crippen LogP contribution in [0.2, 0.25) is 0 Å². The van der Waals surface area contributed by atoms with E-state index in [1.54, 1.807) is 13.3 Å². The number of guanidine groups is 1. The molecule has 2 N–H and O–H groups in total. The van der Waals surface area contributed by atoms with Gasteiger partial charge in [0.1, 0.15) is 5.76 Å². The van der Waals surface area contributed by atoms with Crippen LogP contribution < -0.4 is 15.5 Å². The van der Waals surface area contributed by atoms with E-state index in [1.165, 1.54) is 24.8 Å². The van der Waals surface area contributed by atoms with Crippen LogP contribution in [0, 0.1) is 0 Å². The molecule has 1 unspecified atom stereocenters. The Morgan fingerprint density at radius 2 is 1.90 bits per heavy atom. The maximum Gasteiger partial charge on any atom is 0.246 e. The number of amides is 1. The van der Waals surface area contributed by atoms with Crippen molar-refractivity contribution in [3.8, 4) is 0 Å².